The normalized spacial score (nSPS) is 31.1. The Balaban J connectivity index is 1.46. The summed E-state index contributed by atoms with van der Waals surface area (Å²) in [5, 5.41) is 18.1. The van der Waals surface area contributed by atoms with Crippen molar-refractivity contribution in [3.05, 3.63) is 0 Å². The smallest absolute Gasteiger partial charge is 0.305 e. The third-order valence-corrected chi connectivity index (χ3v) is 5.02. The highest BCUT2D eigenvalue weighted by Crippen LogP contribution is 2.28. The van der Waals surface area contributed by atoms with Gasteiger partial charge in [0, 0.05) is 12.8 Å². The summed E-state index contributed by atoms with van der Waals surface area (Å²) in [6, 6.07) is 0. The molecule has 4 atom stereocenters. The lowest BCUT2D eigenvalue weighted by Crippen LogP contribution is -2.28. The van der Waals surface area contributed by atoms with E-state index in [4.69, 9.17) is 38.6 Å². The monoisotopic (exact) mass is 434 g/mol. The van der Waals surface area contributed by atoms with Crippen molar-refractivity contribution in [3.63, 3.8) is 0 Å². The van der Waals surface area contributed by atoms with E-state index in [1.165, 1.54) is 0 Å². The first-order chi connectivity index (χ1) is 14.3. The van der Waals surface area contributed by atoms with Crippen LogP contribution in [-0.4, -0.2) is 85.6 Å². The van der Waals surface area contributed by atoms with Crippen LogP contribution in [0.25, 0.3) is 0 Å². The molecule has 0 radical (unpaired) electrons. The molecule has 2 aliphatic heterocycles. The topological polar surface area (TPSA) is 130 Å². The van der Waals surface area contributed by atoms with E-state index in [1.54, 1.807) is 13.8 Å². The Labute approximate surface area is 176 Å². The van der Waals surface area contributed by atoms with Gasteiger partial charge in [-0.25, -0.2) is 0 Å². The Morgan fingerprint density at radius 2 is 1.23 bits per heavy atom. The van der Waals surface area contributed by atoms with Gasteiger partial charge >= 0.3 is 11.9 Å². The number of hydrogen-bond acceptors (Lipinski definition) is 10. The Kier molecular flexibility index (Phi) is 9.92. The van der Waals surface area contributed by atoms with Crippen molar-refractivity contribution in [1.29, 1.82) is 0 Å². The van der Waals surface area contributed by atoms with Crippen LogP contribution >= 0.6 is 0 Å². The zero-order valence-electron chi connectivity index (χ0n) is 17.8. The maximum absolute atomic E-state index is 11.8. The number of ether oxygens (including phenoxy) is 6. The Hall–Kier alpha value is -1.30. The van der Waals surface area contributed by atoms with Crippen LogP contribution in [0.2, 0.25) is 0 Å². The SMILES string of the molecule is CC1(CCC(=O)OCCCCOC(=O)CCC2(C)OCC(CO)O2)OCC(CO)O1. The van der Waals surface area contributed by atoms with Gasteiger partial charge in [-0.15, -0.1) is 0 Å². The molecule has 0 aromatic rings. The minimum atomic E-state index is -0.870. The lowest BCUT2D eigenvalue weighted by molar-refractivity contribution is -0.170. The highest BCUT2D eigenvalue weighted by Gasteiger charge is 2.38. The lowest BCUT2D eigenvalue weighted by atomic mass is 10.1. The van der Waals surface area contributed by atoms with Crippen LogP contribution < -0.4 is 0 Å². The van der Waals surface area contributed by atoms with Gasteiger partial charge in [-0.05, 0) is 26.7 Å². The molecule has 2 heterocycles. The number of unbranched alkanes of at least 4 members (excludes halogenated alkanes) is 1. The van der Waals surface area contributed by atoms with Crippen molar-refractivity contribution < 1.29 is 48.2 Å². The molecule has 0 aliphatic carbocycles. The van der Waals surface area contributed by atoms with E-state index in [2.05, 4.69) is 0 Å². The van der Waals surface area contributed by atoms with Crippen LogP contribution in [-0.2, 0) is 38.0 Å². The summed E-state index contributed by atoms with van der Waals surface area (Å²) in [6.07, 6.45) is 1.47. The molecule has 2 saturated heterocycles. The molecule has 174 valence electrons. The average Bonchev–Trinajstić information content (AvgIpc) is 3.31. The second kappa shape index (κ2) is 11.9. The average molecular weight is 434 g/mol. The van der Waals surface area contributed by atoms with Crippen LogP contribution in [0.5, 0.6) is 0 Å². The molecule has 10 heteroatoms. The van der Waals surface area contributed by atoms with Crippen molar-refractivity contribution in [1.82, 2.24) is 0 Å². The number of aliphatic hydroxyl groups is 2. The third kappa shape index (κ3) is 8.44. The maximum atomic E-state index is 11.8. The van der Waals surface area contributed by atoms with Gasteiger partial charge in [0.1, 0.15) is 12.2 Å². The Morgan fingerprint density at radius 3 is 1.57 bits per heavy atom. The summed E-state index contributed by atoms with van der Waals surface area (Å²) < 4.78 is 32.4. The van der Waals surface area contributed by atoms with E-state index in [9.17, 15) is 9.59 Å². The molecule has 2 fully saturated rings. The first-order valence-electron chi connectivity index (χ1n) is 10.4. The minimum Gasteiger partial charge on any atom is -0.466 e. The van der Waals surface area contributed by atoms with Gasteiger partial charge in [0.15, 0.2) is 11.6 Å². The molecular formula is C20H34O10. The number of aliphatic hydroxyl groups excluding tert-OH is 2. The fourth-order valence-corrected chi connectivity index (χ4v) is 3.20. The zero-order chi connectivity index (χ0) is 22.0. The molecule has 0 amide bonds. The highest BCUT2D eigenvalue weighted by atomic mass is 16.8. The first-order valence-corrected chi connectivity index (χ1v) is 10.4. The first kappa shape index (κ1) is 25.0. The largest absolute Gasteiger partial charge is 0.466 e. The van der Waals surface area contributed by atoms with Crippen LogP contribution in [0.1, 0.15) is 52.4 Å². The molecule has 2 N–H and O–H groups in total. The van der Waals surface area contributed by atoms with Crippen molar-refractivity contribution in [2.45, 2.75) is 76.2 Å². The van der Waals surface area contributed by atoms with E-state index < -0.39 is 11.6 Å². The molecule has 4 unspecified atom stereocenters. The number of hydrogen-bond donors (Lipinski definition) is 2. The van der Waals surface area contributed by atoms with Crippen LogP contribution in [0, 0.1) is 0 Å². The van der Waals surface area contributed by atoms with Gasteiger partial charge in [0.2, 0.25) is 0 Å². The lowest BCUT2D eigenvalue weighted by Gasteiger charge is -2.22. The van der Waals surface area contributed by atoms with Crippen LogP contribution in [0.4, 0.5) is 0 Å². The number of rotatable bonds is 13. The fraction of sp³-hybridized carbons (Fsp3) is 0.900. The van der Waals surface area contributed by atoms with E-state index >= 15 is 0 Å². The maximum Gasteiger partial charge on any atom is 0.305 e. The molecular weight excluding hydrogens is 400 g/mol. The summed E-state index contributed by atoms with van der Waals surface area (Å²) >= 11 is 0. The van der Waals surface area contributed by atoms with E-state index in [1.807, 2.05) is 0 Å². The zero-order valence-corrected chi connectivity index (χ0v) is 17.8. The molecule has 2 aliphatic rings. The molecule has 0 bridgehead atoms. The molecule has 10 nitrogen and oxygen atoms in total. The van der Waals surface area contributed by atoms with Crippen LogP contribution in [0.15, 0.2) is 0 Å². The predicted molar refractivity (Wildman–Crippen MR) is 102 cm³/mol. The second-order valence-corrected chi connectivity index (χ2v) is 7.88. The van der Waals surface area contributed by atoms with Crippen molar-refractivity contribution >= 4 is 11.9 Å². The predicted octanol–water partition coefficient (Wildman–Crippen LogP) is 0.661. The molecule has 0 aromatic heterocycles. The molecule has 30 heavy (non-hydrogen) atoms. The van der Waals surface area contributed by atoms with Crippen molar-refractivity contribution in [3.8, 4) is 0 Å². The highest BCUT2D eigenvalue weighted by molar-refractivity contribution is 5.69. The molecule has 2 rings (SSSR count). The summed E-state index contributed by atoms with van der Waals surface area (Å²) in [4.78, 5) is 23.6. The number of carbonyl (C=O) groups is 2. The van der Waals surface area contributed by atoms with Gasteiger partial charge in [-0.1, -0.05) is 0 Å². The molecule has 0 spiro atoms. The van der Waals surface area contributed by atoms with Gasteiger partial charge in [0.25, 0.3) is 0 Å². The van der Waals surface area contributed by atoms with Gasteiger partial charge in [-0.2, -0.15) is 0 Å². The Bertz CT molecular complexity index is 508. The van der Waals surface area contributed by atoms with Gasteiger partial charge in [0.05, 0.1) is 52.5 Å². The van der Waals surface area contributed by atoms with Crippen molar-refractivity contribution in [2.75, 3.05) is 39.6 Å². The summed E-state index contributed by atoms with van der Waals surface area (Å²) in [5.74, 6) is -2.44. The fourth-order valence-electron chi connectivity index (χ4n) is 3.20. The summed E-state index contributed by atoms with van der Waals surface area (Å²) in [5.41, 5.74) is 0. The second-order valence-electron chi connectivity index (χ2n) is 7.88. The number of esters is 2. The van der Waals surface area contributed by atoms with Gasteiger partial charge < -0.3 is 38.6 Å². The standard InChI is InChI=1S/C20H34O10/c1-19(27-13-15(11-21)29-19)7-5-17(23)25-9-3-4-10-26-18(24)6-8-20(2)28-14-16(12-22)30-20/h15-16,21-22H,3-14H2,1-2H3. The van der Waals surface area contributed by atoms with E-state index in [0.29, 0.717) is 38.9 Å². The quantitative estimate of drug-likeness (QED) is 0.315. The number of carbonyl (C=O) groups excluding carboxylic acids is 2. The van der Waals surface area contributed by atoms with E-state index in [0.717, 1.165) is 0 Å². The minimum absolute atomic E-state index is 0.115. The summed E-state index contributed by atoms with van der Waals surface area (Å²) in [7, 11) is 0. The van der Waals surface area contributed by atoms with E-state index in [-0.39, 0.29) is 63.4 Å². The summed E-state index contributed by atoms with van der Waals surface area (Å²) in [6.45, 7) is 4.35. The van der Waals surface area contributed by atoms with Crippen LogP contribution in [0.3, 0.4) is 0 Å². The third-order valence-electron chi connectivity index (χ3n) is 5.02. The van der Waals surface area contributed by atoms with Gasteiger partial charge in [-0.3, -0.25) is 9.59 Å². The Morgan fingerprint density at radius 1 is 0.833 bits per heavy atom. The molecule has 0 saturated carbocycles. The molecule has 0 aromatic carbocycles. The van der Waals surface area contributed by atoms with Crippen molar-refractivity contribution in [2.24, 2.45) is 0 Å².